The molecule has 0 saturated carbocycles. The minimum Gasteiger partial charge on any atom is -0.206 e. The van der Waals surface area contributed by atoms with Crippen LogP contribution in [-0.2, 0) is 10.0 Å². The van der Waals surface area contributed by atoms with Gasteiger partial charge in [0.25, 0.3) is 10.0 Å². The van der Waals surface area contributed by atoms with Crippen LogP contribution in [0.5, 0.6) is 0 Å². The summed E-state index contributed by atoms with van der Waals surface area (Å²) >= 11 is 10.1. The van der Waals surface area contributed by atoms with Crippen molar-refractivity contribution in [2.24, 2.45) is 0 Å². The Hall–Kier alpha value is -0.910. The molecule has 0 amide bonds. The van der Waals surface area contributed by atoms with E-state index in [4.69, 9.17) is 16.9 Å². The van der Waals surface area contributed by atoms with Gasteiger partial charge < -0.3 is 0 Å². The average molecular weight is 406 g/mol. The molecule has 0 radical (unpaired) electrons. The first kappa shape index (κ1) is 16.5. The van der Waals surface area contributed by atoms with Gasteiger partial charge in [0.15, 0.2) is 0 Å². The number of nitrogens with one attached hydrogen (secondary N) is 1. The number of nitrogens with zero attached hydrogens (tertiary/aromatic N) is 1. The van der Waals surface area contributed by atoms with Crippen LogP contribution < -0.4 is 4.72 Å². The van der Waals surface area contributed by atoms with Crippen LogP contribution in [0.4, 0.5) is 0 Å². The summed E-state index contributed by atoms with van der Waals surface area (Å²) in [7, 11) is -3.64. The first-order valence-corrected chi connectivity index (χ1v) is 9.28. The summed E-state index contributed by atoms with van der Waals surface area (Å²) in [4.78, 5) is 0. The van der Waals surface area contributed by atoms with Crippen molar-refractivity contribution >= 4 is 48.9 Å². The molecule has 2 rings (SSSR count). The van der Waals surface area contributed by atoms with E-state index in [1.165, 1.54) is 6.07 Å². The average Bonchev–Trinajstić information content (AvgIpc) is 2.79. The van der Waals surface area contributed by atoms with Crippen LogP contribution in [0.25, 0.3) is 0 Å². The van der Waals surface area contributed by atoms with Gasteiger partial charge >= 0.3 is 0 Å². The van der Waals surface area contributed by atoms with Crippen molar-refractivity contribution in [2.45, 2.75) is 17.2 Å². The second kappa shape index (κ2) is 6.46. The molecule has 0 bridgehead atoms. The molecule has 1 aromatic heterocycles. The number of rotatable bonds is 4. The van der Waals surface area contributed by atoms with Crippen LogP contribution in [-0.4, -0.2) is 8.42 Å². The fourth-order valence-electron chi connectivity index (χ4n) is 1.66. The largest absolute Gasteiger partial charge is 0.250 e. The topological polar surface area (TPSA) is 70.0 Å². The Balaban J connectivity index is 2.21. The van der Waals surface area contributed by atoms with Gasteiger partial charge in [-0.05, 0) is 46.6 Å². The number of halogens is 2. The zero-order chi connectivity index (χ0) is 15.6. The fraction of sp³-hybridized carbons (Fsp3) is 0.154. The van der Waals surface area contributed by atoms with Crippen molar-refractivity contribution in [2.75, 3.05) is 0 Å². The van der Waals surface area contributed by atoms with E-state index in [1.807, 2.05) is 6.07 Å². The molecule has 1 unspecified atom stereocenters. The SMILES string of the molecule is CC(NS(=O)(=O)c1cc(Cl)c(Br)s1)c1ccc(C#N)cc1. The molecule has 110 valence electrons. The number of hydrogen-bond donors (Lipinski definition) is 1. The molecular weight excluding hydrogens is 396 g/mol. The van der Waals surface area contributed by atoms with Gasteiger partial charge in [-0.2, -0.15) is 5.26 Å². The molecule has 0 aliphatic heterocycles. The summed E-state index contributed by atoms with van der Waals surface area (Å²) in [6.45, 7) is 1.74. The Labute approximate surface area is 140 Å². The van der Waals surface area contributed by atoms with E-state index in [1.54, 1.807) is 31.2 Å². The zero-order valence-electron chi connectivity index (χ0n) is 10.8. The Kier molecular flexibility index (Phi) is 5.07. The highest BCUT2D eigenvalue weighted by atomic mass is 79.9. The normalized spacial score (nSPS) is 12.9. The van der Waals surface area contributed by atoms with E-state index in [-0.39, 0.29) is 4.21 Å². The number of sulfonamides is 1. The van der Waals surface area contributed by atoms with Gasteiger partial charge in [-0.1, -0.05) is 23.7 Å². The summed E-state index contributed by atoms with van der Waals surface area (Å²) < 4.78 is 27.9. The van der Waals surface area contributed by atoms with Crippen molar-refractivity contribution in [1.29, 1.82) is 5.26 Å². The molecule has 1 aromatic carbocycles. The van der Waals surface area contributed by atoms with Crippen molar-refractivity contribution in [1.82, 2.24) is 4.72 Å². The van der Waals surface area contributed by atoms with E-state index in [2.05, 4.69) is 20.7 Å². The molecule has 0 aliphatic rings. The Morgan fingerprint density at radius 1 is 1.38 bits per heavy atom. The monoisotopic (exact) mass is 404 g/mol. The van der Waals surface area contributed by atoms with E-state index in [0.717, 1.165) is 16.9 Å². The van der Waals surface area contributed by atoms with Gasteiger partial charge in [-0.3, -0.25) is 0 Å². The van der Waals surface area contributed by atoms with E-state index >= 15 is 0 Å². The van der Waals surface area contributed by atoms with Crippen LogP contribution >= 0.6 is 38.9 Å². The Morgan fingerprint density at radius 3 is 2.48 bits per heavy atom. The van der Waals surface area contributed by atoms with Gasteiger partial charge in [0, 0.05) is 6.04 Å². The Bertz CT molecular complexity index is 775. The van der Waals surface area contributed by atoms with Gasteiger partial charge in [0.1, 0.15) is 4.21 Å². The van der Waals surface area contributed by atoms with Crippen LogP contribution in [0.2, 0.25) is 5.02 Å². The first-order valence-electron chi connectivity index (χ1n) is 5.80. The third-order valence-corrected chi connectivity index (χ3v) is 7.25. The molecule has 8 heteroatoms. The molecule has 0 saturated heterocycles. The summed E-state index contributed by atoms with van der Waals surface area (Å²) in [6, 6.07) is 9.77. The third-order valence-electron chi connectivity index (χ3n) is 2.76. The maximum Gasteiger partial charge on any atom is 0.250 e. The lowest BCUT2D eigenvalue weighted by atomic mass is 10.1. The molecule has 0 spiro atoms. The van der Waals surface area contributed by atoms with E-state index < -0.39 is 16.1 Å². The predicted octanol–water partition coefficient (Wildman–Crippen LogP) is 4.08. The summed E-state index contributed by atoms with van der Waals surface area (Å²) in [5, 5.41) is 9.12. The van der Waals surface area contributed by atoms with Crippen molar-refractivity contribution in [3.8, 4) is 6.07 Å². The molecule has 1 heterocycles. The molecule has 21 heavy (non-hydrogen) atoms. The molecule has 0 fully saturated rings. The van der Waals surface area contributed by atoms with Crippen LogP contribution in [0.1, 0.15) is 24.1 Å². The van der Waals surface area contributed by atoms with Crippen molar-refractivity contribution < 1.29 is 8.42 Å². The van der Waals surface area contributed by atoms with Gasteiger partial charge in [0.2, 0.25) is 0 Å². The Morgan fingerprint density at radius 2 is 2.00 bits per heavy atom. The molecule has 1 N–H and O–H groups in total. The highest BCUT2D eigenvalue weighted by Gasteiger charge is 2.21. The molecule has 2 aromatic rings. The van der Waals surface area contributed by atoms with E-state index in [9.17, 15) is 8.42 Å². The van der Waals surface area contributed by atoms with Crippen molar-refractivity contribution in [3.05, 3.63) is 50.3 Å². The number of hydrogen-bond acceptors (Lipinski definition) is 4. The van der Waals surface area contributed by atoms with E-state index in [0.29, 0.717) is 14.4 Å². The molecule has 1 atom stereocenters. The number of nitriles is 1. The van der Waals surface area contributed by atoms with Crippen LogP contribution in [0.3, 0.4) is 0 Å². The van der Waals surface area contributed by atoms with Crippen LogP contribution in [0, 0.1) is 11.3 Å². The summed E-state index contributed by atoms with van der Waals surface area (Å²) in [5.74, 6) is 0. The van der Waals surface area contributed by atoms with Crippen LogP contribution in [0.15, 0.2) is 38.3 Å². The van der Waals surface area contributed by atoms with Crippen molar-refractivity contribution in [3.63, 3.8) is 0 Å². The fourth-order valence-corrected chi connectivity index (χ4v) is 5.31. The second-order valence-corrected chi connectivity index (χ2v) is 8.98. The van der Waals surface area contributed by atoms with Gasteiger partial charge in [-0.25, -0.2) is 13.1 Å². The van der Waals surface area contributed by atoms with Gasteiger partial charge in [0.05, 0.1) is 20.4 Å². The maximum atomic E-state index is 12.3. The minimum atomic E-state index is -3.64. The highest BCUT2D eigenvalue weighted by Crippen LogP contribution is 2.35. The molecule has 4 nitrogen and oxygen atoms in total. The number of benzene rings is 1. The van der Waals surface area contributed by atoms with Gasteiger partial charge in [-0.15, -0.1) is 11.3 Å². The lowest BCUT2D eigenvalue weighted by molar-refractivity contribution is 0.569. The zero-order valence-corrected chi connectivity index (χ0v) is 14.8. The minimum absolute atomic E-state index is 0.153. The quantitative estimate of drug-likeness (QED) is 0.833. The summed E-state index contributed by atoms with van der Waals surface area (Å²) in [6.07, 6.45) is 0. The number of thiophene rings is 1. The lowest BCUT2D eigenvalue weighted by Crippen LogP contribution is -2.26. The second-order valence-electron chi connectivity index (χ2n) is 4.26. The third kappa shape index (κ3) is 3.84. The molecular formula is C13H10BrClN2O2S2. The smallest absolute Gasteiger partial charge is 0.206 e. The maximum absolute atomic E-state index is 12.3. The first-order chi connectivity index (χ1) is 9.83. The summed E-state index contributed by atoms with van der Waals surface area (Å²) in [5.41, 5.74) is 1.31. The highest BCUT2D eigenvalue weighted by molar-refractivity contribution is 9.11. The molecule has 0 aliphatic carbocycles. The predicted molar refractivity (Wildman–Crippen MR) is 86.9 cm³/mol. The lowest BCUT2D eigenvalue weighted by Gasteiger charge is -2.13. The standard InChI is InChI=1S/C13H10BrClN2O2S2/c1-8(10-4-2-9(7-16)3-5-10)17-21(18,19)12-6-11(15)13(14)20-12/h2-6,8,17H,1H3.